The topological polar surface area (TPSA) is 84.9 Å². The van der Waals surface area contributed by atoms with Crippen molar-refractivity contribution in [3.63, 3.8) is 0 Å². The Balaban J connectivity index is 2.06. The van der Waals surface area contributed by atoms with Crippen LogP contribution in [0.25, 0.3) is 6.08 Å². The number of methoxy groups -OCH3 is 2. The molecule has 8 heteroatoms. The van der Waals surface area contributed by atoms with Crippen LogP contribution in [0.3, 0.4) is 0 Å². The molecule has 138 valence electrons. The fraction of sp³-hybridized carbons (Fsp3) is 0.105. The summed E-state index contributed by atoms with van der Waals surface area (Å²) in [4.78, 5) is 38.2. The van der Waals surface area contributed by atoms with Crippen molar-refractivity contribution in [3.05, 3.63) is 58.6 Å². The van der Waals surface area contributed by atoms with Crippen molar-refractivity contribution in [1.29, 1.82) is 0 Å². The second-order valence-corrected chi connectivity index (χ2v) is 5.92. The third kappa shape index (κ3) is 3.50. The highest BCUT2D eigenvalue weighted by Gasteiger charge is 2.37. The van der Waals surface area contributed by atoms with Gasteiger partial charge in [-0.2, -0.15) is 0 Å². The summed E-state index contributed by atoms with van der Waals surface area (Å²) in [7, 11) is 2.97. The summed E-state index contributed by atoms with van der Waals surface area (Å²) in [6, 6.07) is 10.4. The average Bonchev–Trinajstić information content (AvgIpc) is 2.66. The molecular weight excluding hydrogens is 372 g/mol. The molecule has 1 aliphatic rings. The van der Waals surface area contributed by atoms with Gasteiger partial charge in [-0.05, 0) is 30.3 Å². The Morgan fingerprint density at radius 2 is 1.78 bits per heavy atom. The first-order chi connectivity index (χ1) is 13.0. The molecule has 2 aromatic rings. The molecule has 0 bridgehead atoms. The summed E-state index contributed by atoms with van der Waals surface area (Å²) in [6.07, 6.45) is 1.35. The number of hydrogen-bond donors (Lipinski definition) is 1. The minimum Gasteiger partial charge on any atom is -0.497 e. The summed E-state index contributed by atoms with van der Waals surface area (Å²) in [5, 5.41) is 2.36. The zero-order chi connectivity index (χ0) is 19.6. The number of benzene rings is 2. The third-order valence-electron chi connectivity index (χ3n) is 3.94. The Kier molecular flexibility index (Phi) is 5.14. The molecule has 27 heavy (non-hydrogen) atoms. The Bertz CT molecular complexity index is 970. The van der Waals surface area contributed by atoms with Crippen LogP contribution in [0.1, 0.15) is 5.56 Å². The van der Waals surface area contributed by atoms with E-state index in [1.54, 1.807) is 36.4 Å². The van der Waals surface area contributed by atoms with Crippen LogP contribution in [0.15, 0.2) is 48.0 Å². The van der Waals surface area contributed by atoms with Crippen LogP contribution < -0.4 is 19.7 Å². The van der Waals surface area contributed by atoms with Crippen molar-refractivity contribution in [2.45, 2.75) is 0 Å². The van der Waals surface area contributed by atoms with Crippen LogP contribution >= 0.6 is 11.6 Å². The second kappa shape index (κ2) is 7.51. The number of para-hydroxylation sites is 1. The molecule has 1 fully saturated rings. The Morgan fingerprint density at radius 1 is 1.04 bits per heavy atom. The number of imide groups is 2. The predicted molar refractivity (Wildman–Crippen MR) is 100.0 cm³/mol. The molecule has 1 saturated heterocycles. The molecule has 0 unspecified atom stereocenters. The highest BCUT2D eigenvalue weighted by Crippen LogP contribution is 2.31. The molecule has 4 amide bonds. The maximum absolute atomic E-state index is 12.9. The van der Waals surface area contributed by atoms with E-state index in [2.05, 4.69) is 5.32 Å². The zero-order valence-corrected chi connectivity index (χ0v) is 15.2. The highest BCUT2D eigenvalue weighted by atomic mass is 35.5. The first-order valence-corrected chi connectivity index (χ1v) is 8.22. The van der Waals surface area contributed by atoms with E-state index in [-0.39, 0.29) is 16.3 Å². The van der Waals surface area contributed by atoms with Crippen LogP contribution in [0.4, 0.5) is 10.5 Å². The van der Waals surface area contributed by atoms with Gasteiger partial charge in [-0.15, -0.1) is 0 Å². The number of carbonyl (C=O) groups excluding carboxylic acids is 3. The summed E-state index contributed by atoms with van der Waals surface area (Å²) in [5.41, 5.74) is 0.435. The van der Waals surface area contributed by atoms with Gasteiger partial charge in [-0.25, -0.2) is 9.69 Å². The van der Waals surface area contributed by atoms with Gasteiger partial charge in [0.15, 0.2) is 0 Å². The number of nitrogens with one attached hydrogen (secondary N) is 1. The van der Waals surface area contributed by atoms with Gasteiger partial charge in [-0.3, -0.25) is 14.9 Å². The summed E-state index contributed by atoms with van der Waals surface area (Å²) < 4.78 is 10.4. The molecule has 0 atom stereocenters. The molecular formula is C19H15ClN2O5. The van der Waals surface area contributed by atoms with Gasteiger partial charge >= 0.3 is 6.03 Å². The van der Waals surface area contributed by atoms with E-state index >= 15 is 0 Å². The maximum Gasteiger partial charge on any atom is 0.335 e. The van der Waals surface area contributed by atoms with Gasteiger partial charge in [0.1, 0.15) is 17.1 Å². The quantitative estimate of drug-likeness (QED) is 0.645. The van der Waals surface area contributed by atoms with Crippen LogP contribution in [0.2, 0.25) is 5.02 Å². The van der Waals surface area contributed by atoms with Crippen molar-refractivity contribution >= 4 is 41.2 Å². The highest BCUT2D eigenvalue weighted by molar-refractivity contribution is 6.42. The molecule has 0 aromatic heterocycles. The van der Waals surface area contributed by atoms with Gasteiger partial charge in [0.05, 0.1) is 24.9 Å². The van der Waals surface area contributed by atoms with Crippen molar-refractivity contribution < 1.29 is 23.9 Å². The molecule has 0 aliphatic carbocycles. The van der Waals surface area contributed by atoms with Crippen molar-refractivity contribution in [3.8, 4) is 11.5 Å². The van der Waals surface area contributed by atoms with E-state index in [4.69, 9.17) is 21.1 Å². The number of ether oxygens (including phenoxy) is 2. The number of halogens is 1. The summed E-state index contributed by atoms with van der Waals surface area (Å²) in [6.45, 7) is 0. The number of nitrogens with zero attached hydrogens (tertiary/aromatic N) is 1. The number of urea groups is 1. The lowest BCUT2D eigenvalue weighted by molar-refractivity contribution is -0.122. The van der Waals surface area contributed by atoms with E-state index in [9.17, 15) is 14.4 Å². The fourth-order valence-corrected chi connectivity index (χ4v) is 2.82. The molecule has 0 spiro atoms. The fourth-order valence-electron chi connectivity index (χ4n) is 2.60. The minimum absolute atomic E-state index is 0.182. The van der Waals surface area contributed by atoms with E-state index in [0.29, 0.717) is 17.1 Å². The Labute approximate surface area is 160 Å². The molecule has 0 radical (unpaired) electrons. The van der Waals surface area contributed by atoms with E-state index in [1.165, 1.54) is 26.4 Å². The molecule has 7 nitrogen and oxygen atoms in total. The van der Waals surface area contributed by atoms with Crippen LogP contribution in [0, 0.1) is 0 Å². The number of carbonyl (C=O) groups is 3. The Hall–Kier alpha value is -3.32. The van der Waals surface area contributed by atoms with Crippen molar-refractivity contribution in [1.82, 2.24) is 5.32 Å². The molecule has 2 aromatic carbocycles. The first-order valence-electron chi connectivity index (χ1n) is 7.84. The zero-order valence-electron chi connectivity index (χ0n) is 14.5. The van der Waals surface area contributed by atoms with Gasteiger partial charge in [0.2, 0.25) is 0 Å². The lowest BCUT2D eigenvalue weighted by Crippen LogP contribution is -2.54. The second-order valence-electron chi connectivity index (χ2n) is 5.52. The van der Waals surface area contributed by atoms with E-state index < -0.39 is 17.8 Å². The number of hydrogen-bond acceptors (Lipinski definition) is 5. The van der Waals surface area contributed by atoms with Gasteiger partial charge in [-0.1, -0.05) is 23.7 Å². The normalized spacial score (nSPS) is 15.7. The standard InChI is InChI=1S/C19H15ClN2O5/c1-26-12-8-7-11(16(10-12)27-2)9-13-17(23)21-19(25)22(18(13)24)15-6-4-3-5-14(15)20/h3-10H,1-2H3,(H,21,23,25)/b13-9+. The molecule has 0 saturated carbocycles. The lowest BCUT2D eigenvalue weighted by atomic mass is 10.1. The molecule has 3 rings (SSSR count). The molecule has 1 N–H and O–H groups in total. The minimum atomic E-state index is -0.864. The lowest BCUT2D eigenvalue weighted by Gasteiger charge is -2.27. The summed E-state index contributed by atoms with van der Waals surface area (Å²) in [5.74, 6) is -0.620. The SMILES string of the molecule is COc1ccc(/C=C2\C(=O)NC(=O)N(c3ccccc3Cl)C2=O)c(OC)c1. The van der Waals surface area contributed by atoms with Crippen molar-refractivity contribution in [2.24, 2.45) is 0 Å². The van der Waals surface area contributed by atoms with E-state index in [1.807, 2.05) is 0 Å². The summed E-state index contributed by atoms with van der Waals surface area (Å²) >= 11 is 6.10. The number of amides is 4. The molecule has 1 heterocycles. The number of rotatable bonds is 4. The van der Waals surface area contributed by atoms with Gasteiger partial charge < -0.3 is 9.47 Å². The van der Waals surface area contributed by atoms with Crippen LogP contribution in [0.5, 0.6) is 11.5 Å². The van der Waals surface area contributed by atoms with Crippen LogP contribution in [-0.2, 0) is 9.59 Å². The first kappa shape index (κ1) is 18.5. The van der Waals surface area contributed by atoms with Crippen molar-refractivity contribution in [2.75, 3.05) is 19.1 Å². The van der Waals surface area contributed by atoms with Gasteiger partial charge in [0, 0.05) is 11.6 Å². The van der Waals surface area contributed by atoms with Crippen LogP contribution in [-0.4, -0.2) is 32.1 Å². The largest absolute Gasteiger partial charge is 0.497 e. The maximum atomic E-state index is 12.9. The monoisotopic (exact) mass is 386 g/mol. The van der Waals surface area contributed by atoms with Gasteiger partial charge in [0.25, 0.3) is 11.8 Å². The average molecular weight is 387 g/mol. The molecule has 1 aliphatic heterocycles. The Morgan fingerprint density at radius 3 is 2.44 bits per heavy atom. The number of anilines is 1. The van der Waals surface area contributed by atoms with E-state index in [0.717, 1.165) is 4.90 Å². The smallest absolute Gasteiger partial charge is 0.335 e. The third-order valence-corrected chi connectivity index (χ3v) is 4.26. The number of barbiturate groups is 1. The predicted octanol–water partition coefficient (Wildman–Crippen LogP) is 3.02.